The summed E-state index contributed by atoms with van der Waals surface area (Å²) in [6.07, 6.45) is 1.80. The number of hydrogen-bond donors (Lipinski definition) is 1. The second-order valence-electron chi connectivity index (χ2n) is 7.83. The molecule has 1 saturated heterocycles. The van der Waals surface area contributed by atoms with Crippen molar-refractivity contribution in [3.8, 4) is 10.4 Å². The lowest BCUT2D eigenvalue weighted by Gasteiger charge is -2.13. The number of rotatable bonds is 4. The first-order valence-electron chi connectivity index (χ1n) is 10.2. The Bertz CT molecular complexity index is 1630. The van der Waals surface area contributed by atoms with E-state index in [0.717, 1.165) is 32.0 Å². The molecule has 33 heavy (non-hydrogen) atoms. The van der Waals surface area contributed by atoms with E-state index in [0.29, 0.717) is 4.91 Å². The van der Waals surface area contributed by atoms with Crippen LogP contribution < -0.4 is 0 Å². The standard InChI is InChI=1S/C26H15NO3S3/c28-22(29)13-27-25(30)21(33-26(27)31)12-17-8-11-20(32-17)18-9-6-16-5-4-14-2-1-3-15-7-10-19(18)24(16)23(14)15/h1-12H,13H2,(H,28,29)/b21-12-. The predicted octanol–water partition coefficient (Wildman–Crippen LogP) is 6.60. The number of hydrogen-bond acceptors (Lipinski definition) is 5. The number of thiocarbonyl (C=S) groups is 1. The number of carbonyl (C=O) groups is 2. The van der Waals surface area contributed by atoms with Crippen LogP contribution in [-0.4, -0.2) is 32.7 Å². The van der Waals surface area contributed by atoms with Crippen LogP contribution in [-0.2, 0) is 9.59 Å². The van der Waals surface area contributed by atoms with Gasteiger partial charge in [0.15, 0.2) is 0 Å². The highest BCUT2D eigenvalue weighted by Crippen LogP contribution is 2.41. The van der Waals surface area contributed by atoms with Gasteiger partial charge in [-0.15, -0.1) is 11.3 Å². The Labute approximate surface area is 202 Å². The maximum atomic E-state index is 12.6. The monoisotopic (exact) mass is 485 g/mol. The number of nitrogens with zero attached hydrogens (tertiary/aromatic N) is 1. The van der Waals surface area contributed by atoms with Crippen LogP contribution in [0.1, 0.15) is 4.88 Å². The van der Waals surface area contributed by atoms with Gasteiger partial charge in [-0.1, -0.05) is 78.6 Å². The van der Waals surface area contributed by atoms with Crippen LogP contribution in [0.3, 0.4) is 0 Å². The zero-order chi connectivity index (χ0) is 22.7. The molecule has 7 heteroatoms. The van der Waals surface area contributed by atoms with Crippen molar-refractivity contribution < 1.29 is 14.7 Å². The lowest BCUT2D eigenvalue weighted by molar-refractivity contribution is -0.140. The molecule has 0 bridgehead atoms. The molecule has 4 nitrogen and oxygen atoms in total. The molecule has 0 spiro atoms. The van der Waals surface area contributed by atoms with Crippen LogP contribution in [0.2, 0.25) is 0 Å². The minimum absolute atomic E-state index is 0.275. The molecule has 2 heterocycles. The smallest absolute Gasteiger partial charge is 0.323 e. The minimum atomic E-state index is -1.08. The molecule has 1 N–H and O–H groups in total. The zero-order valence-corrected chi connectivity index (χ0v) is 19.5. The van der Waals surface area contributed by atoms with E-state index in [9.17, 15) is 9.59 Å². The Balaban J connectivity index is 1.43. The predicted molar refractivity (Wildman–Crippen MR) is 141 cm³/mol. The van der Waals surface area contributed by atoms with Crippen LogP contribution in [0.25, 0.3) is 48.8 Å². The highest BCUT2D eigenvalue weighted by Gasteiger charge is 2.33. The Morgan fingerprint density at radius 2 is 1.64 bits per heavy atom. The molecule has 5 aromatic rings. The SMILES string of the molecule is O=C(O)CN1C(=O)/C(=C/c2ccc(-c3ccc4ccc5cccc6ccc3c4c56)s2)SC1=S. The van der Waals surface area contributed by atoms with Crippen LogP contribution in [0.15, 0.2) is 71.6 Å². The molecule has 4 aromatic carbocycles. The van der Waals surface area contributed by atoms with E-state index in [1.54, 1.807) is 17.4 Å². The minimum Gasteiger partial charge on any atom is -0.480 e. The van der Waals surface area contributed by atoms with Crippen molar-refractivity contribution in [3.63, 3.8) is 0 Å². The van der Waals surface area contributed by atoms with Gasteiger partial charge >= 0.3 is 5.97 Å². The number of carbonyl (C=O) groups excluding carboxylic acids is 1. The quantitative estimate of drug-likeness (QED) is 0.177. The van der Waals surface area contributed by atoms with Gasteiger partial charge in [0, 0.05) is 9.75 Å². The maximum Gasteiger partial charge on any atom is 0.323 e. The highest BCUT2D eigenvalue weighted by atomic mass is 32.2. The molecule has 0 atom stereocenters. The van der Waals surface area contributed by atoms with Gasteiger partial charge in [-0.25, -0.2) is 0 Å². The van der Waals surface area contributed by atoms with E-state index in [2.05, 4.69) is 60.7 Å². The Morgan fingerprint density at radius 1 is 0.939 bits per heavy atom. The van der Waals surface area contributed by atoms with Gasteiger partial charge in [0.2, 0.25) is 0 Å². The number of thioether (sulfide) groups is 1. The third-order valence-electron chi connectivity index (χ3n) is 5.86. The molecule has 1 amide bonds. The third-order valence-corrected chi connectivity index (χ3v) is 8.30. The van der Waals surface area contributed by atoms with E-state index in [1.807, 2.05) is 6.07 Å². The molecule has 6 rings (SSSR count). The summed E-state index contributed by atoms with van der Waals surface area (Å²) in [4.78, 5) is 27.2. The van der Waals surface area contributed by atoms with Gasteiger partial charge in [-0.2, -0.15) is 0 Å². The Kier molecular flexibility index (Phi) is 4.72. The fourth-order valence-electron chi connectivity index (χ4n) is 4.43. The molecule has 1 fully saturated rings. The van der Waals surface area contributed by atoms with E-state index >= 15 is 0 Å². The average molecular weight is 486 g/mol. The lowest BCUT2D eigenvalue weighted by Crippen LogP contribution is -2.33. The molecular formula is C26H15NO3S3. The summed E-state index contributed by atoms with van der Waals surface area (Å²) >= 11 is 7.94. The first kappa shape index (κ1) is 20.4. The van der Waals surface area contributed by atoms with Gasteiger partial charge in [-0.05, 0) is 56.1 Å². The summed E-state index contributed by atoms with van der Waals surface area (Å²) in [6.45, 7) is -0.416. The number of amides is 1. The van der Waals surface area contributed by atoms with Gasteiger partial charge in [-0.3, -0.25) is 14.5 Å². The summed E-state index contributed by atoms with van der Waals surface area (Å²) in [7, 11) is 0. The van der Waals surface area contributed by atoms with Crippen molar-refractivity contribution in [2.45, 2.75) is 0 Å². The molecule has 0 unspecified atom stereocenters. The van der Waals surface area contributed by atoms with Crippen LogP contribution in [0.5, 0.6) is 0 Å². The fourth-order valence-corrected chi connectivity index (χ4v) is 6.74. The molecule has 0 radical (unpaired) electrons. The molecular weight excluding hydrogens is 470 g/mol. The molecule has 1 aliphatic rings. The van der Waals surface area contributed by atoms with E-state index in [-0.39, 0.29) is 10.2 Å². The van der Waals surface area contributed by atoms with Crippen molar-refractivity contribution >= 4 is 89.9 Å². The van der Waals surface area contributed by atoms with Crippen LogP contribution in [0, 0.1) is 0 Å². The average Bonchev–Trinajstić information content (AvgIpc) is 3.37. The van der Waals surface area contributed by atoms with Crippen LogP contribution in [0.4, 0.5) is 0 Å². The van der Waals surface area contributed by atoms with Gasteiger partial charge in [0.1, 0.15) is 10.9 Å². The third kappa shape index (κ3) is 3.31. The van der Waals surface area contributed by atoms with Crippen molar-refractivity contribution in [1.29, 1.82) is 0 Å². The van der Waals surface area contributed by atoms with E-state index in [1.165, 1.54) is 32.3 Å². The van der Waals surface area contributed by atoms with Crippen molar-refractivity contribution in [2.24, 2.45) is 0 Å². The first-order chi connectivity index (χ1) is 16.0. The maximum absolute atomic E-state index is 12.6. The van der Waals surface area contributed by atoms with E-state index < -0.39 is 12.5 Å². The van der Waals surface area contributed by atoms with Crippen LogP contribution >= 0.6 is 35.3 Å². The second-order valence-corrected chi connectivity index (χ2v) is 10.6. The van der Waals surface area contributed by atoms with Crippen molar-refractivity contribution in [2.75, 3.05) is 6.54 Å². The zero-order valence-electron chi connectivity index (χ0n) is 17.1. The molecule has 0 saturated carbocycles. The van der Waals surface area contributed by atoms with Crippen molar-refractivity contribution in [1.82, 2.24) is 4.90 Å². The Hall–Kier alpha value is -3.26. The number of thiophene rings is 1. The summed E-state index contributed by atoms with van der Waals surface area (Å²) in [5.41, 5.74) is 1.16. The lowest BCUT2D eigenvalue weighted by atomic mass is 9.91. The number of carboxylic acid groups (broad SMARTS) is 1. The largest absolute Gasteiger partial charge is 0.480 e. The summed E-state index contributed by atoms with van der Waals surface area (Å²) in [5.74, 6) is -1.44. The first-order valence-corrected chi connectivity index (χ1v) is 12.3. The van der Waals surface area contributed by atoms with Crippen molar-refractivity contribution in [3.05, 3.63) is 76.5 Å². The molecule has 0 aliphatic carbocycles. The molecule has 1 aliphatic heterocycles. The number of aliphatic carboxylic acids is 1. The Morgan fingerprint density at radius 3 is 2.39 bits per heavy atom. The summed E-state index contributed by atoms with van der Waals surface area (Å²) in [5, 5.41) is 16.5. The number of benzene rings is 4. The normalized spacial score (nSPS) is 15.6. The van der Waals surface area contributed by atoms with Gasteiger partial charge < -0.3 is 5.11 Å². The molecule has 160 valence electrons. The van der Waals surface area contributed by atoms with Gasteiger partial charge in [0.25, 0.3) is 5.91 Å². The van der Waals surface area contributed by atoms with Gasteiger partial charge in [0.05, 0.1) is 4.91 Å². The fraction of sp³-hybridized carbons (Fsp3) is 0.0385. The number of carboxylic acids is 1. The summed E-state index contributed by atoms with van der Waals surface area (Å²) < 4.78 is 0.275. The second kappa shape index (κ2) is 7.66. The molecule has 1 aromatic heterocycles. The van der Waals surface area contributed by atoms with E-state index in [4.69, 9.17) is 17.3 Å². The summed E-state index contributed by atoms with van der Waals surface area (Å²) in [6, 6.07) is 23.5. The highest BCUT2D eigenvalue weighted by molar-refractivity contribution is 8.26. The topological polar surface area (TPSA) is 57.6 Å².